The fourth-order valence-electron chi connectivity index (χ4n) is 3.43. The summed E-state index contributed by atoms with van der Waals surface area (Å²) in [6, 6.07) is 16.4. The van der Waals surface area contributed by atoms with Gasteiger partial charge in [0.1, 0.15) is 0 Å². The monoisotopic (exact) mass is 447 g/mol. The molecule has 0 unspecified atom stereocenters. The van der Waals surface area contributed by atoms with Crippen LogP contribution in [0.25, 0.3) is 22.3 Å². The Bertz CT molecular complexity index is 1310. The molecule has 7 nitrogen and oxygen atoms in total. The molecule has 2 amide bonds. The van der Waals surface area contributed by atoms with Gasteiger partial charge >= 0.3 is 0 Å². The number of amides is 2. The van der Waals surface area contributed by atoms with Gasteiger partial charge in [0.25, 0.3) is 5.91 Å². The lowest BCUT2D eigenvalue weighted by Gasteiger charge is -2.12. The Morgan fingerprint density at radius 1 is 1.03 bits per heavy atom. The zero-order chi connectivity index (χ0) is 22.8. The highest BCUT2D eigenvalue weighted by molar-refractivity contribution is 6.34. The van der Waals surface area contributed by atoms with E-state index in [0.717, 1.165) is 5.56 Å². The van der Waals surface area contributed by atoms with Gasteiger partial charge in [-0.1, -0.05) is 41.9 Å². The van der Waals surface area contributed by atoms with Gasteiger partial charge in [0.2, 0.25) is 5.91 Å². The molecule has 0 aliphatic heterocycles. The molecule has 0 saturated heterocycles. The number of aromatic nitrogens is 3. The van der Waals surface area contributed by atoms with Crippen LogP contribution in [0.15, 0.2) is 60.8 Å². The minimum Gasteiger partial charge on any atom is -0.326 e. The molecule has 0 saturated carbocycles. The summed E-state index contributed by atoms with van der Waals surface area (Å²) in [5.74, 6) is -0.528. The molecule has 4 aromatic rings. The van der Waals surface area contributed by atoms with Gasteiger partial charge in [-0.3, -0.25) is 9.59 Å². The predicted molar refractivity (Wildman–Crippen MR) is 127 cm³/mol. The molecule has 4 rings (SSSR count). The molecular formula is C24H22ClN5O2. The van der Waals surface area contributed by atoms with E-state index < -0.39 is 0 Å². The lowest BCUT2D eigenvalue weighted by molar-refractivity contribution is -0.114. The van der Waals surface area contributed by atoms with Crippen LogP contribution >= 0.6 is 11.6 Å². The third-order valence-corrected chi connectivity index (χ3v) is 5.22. The number of fused-ring (bicyclic) bond motifs is 1. The van der Waals surface area contributed by atoms with Crippen molar-refractivity contribution in [2.45, 2.75) is 26.8 Å². The summed E-state index contributed by atoms with van der Waals surface area (Å²) in [6.45, 7) is 5.44. The Balaban J connectivity index is 1.76. The third-order valence-electron chi connectivity index (χ3n) is 4.91. The van der Waals surface area contributed by atoms with Crippen molar-refractivity contribution in [1.82, 2.24) is 14.8 Å². The molecule has 2 aromatic heterocycles. The number of nitrogens with zero attached hydrogens (tertiary/aromatic N) is 3. The van der Waals surface area contributed by atoms with Crippen molar-refractivity contribution in [3.63, 3.8) is 0 Å². The SMILES string of the molecule is CC(=O)Nc1ccc(NC(=O)c2cc(-c3ccccc3)nc3c2cnn3C(C)C)c(Cl)c1. The maximum atomic E-state index is 13.3. The van der Waals surface area contributed by atoms with E-state index in [9.17, 15) is 9.59 Å². The van der Waals surface area contributed by atoms with E-state index in [-0.39, 0.29) is 17.9 Å². The van der Waals surface area contributed by atoms with Gasteiger partial charge in [-0.15, -0.1) is 0 Å². The molecule has 0 bridgehead atoms. The molecule has 0 radical (unpaired) electrons. The van der Waals surface area contributed by atoms with Crippen LogP contribution in [0.2, 0.25) is 5.02 Å². The minimum absolute atomic E-state index is 0.0812. The summed E-state index contributed by atoms with van der Waals surface area (Å²) in [5, 5.41) is 10.9. The maximum Gasteiger partial charge on any atom is 0.256 e. The molecule has 0 fully saturated rings. The van der Waals surface area contributed by atoms with Crippen LogP contribution in [0.4, 0.5) is 11.4 Å². The third kappa shape index (κ3) is 4.33. The molecule has 0 aliphatic rings. The van der Waals surface area contributed by atoms with Crippen LogP contribution < -0.4 is 10.6 Å². The van der Waals surface area contributed by atoms with Crippen molar-refractivity contribution in [2.75, 3.05) is 10.6 Å². The van der Waals surface area contributed by atoms with Crippen molar-refractivity contribution < 1.29 is 9.59 Å². The zero-order valence-corrected chi connectivity index (χ0v) is 18.6. The lowest BCUT2D eigenvalue weighted by Crippen LogP contribution is -2.14. The van der Waals surface area contributed by atoms with Gasteiger partial charge in [0.05, 0.1) is 33.6 Å². The number of nitrogens with one attached hydrogen (secondary N) is 2. The van der Waals surface area contributed by atoms with Crippen LogP contribution in [0.1, 0.15) is 37.2 Å². The normalized spacial score (nSPS) is 11.0. The number of halogens is 1. The molecule has 2 N–H and O–H groups in total. The van der Waals surface area contributed by atoms with Crippen molar-refractivity contribution in [3.05, 3.63) is 71.4 Å². The quantitative estimate of drug-likeness (QED) is 0.420. The predicted octanol–water partition coefficient (Wildman–Crippen LogP) is 5.54. The van der Waals surface area contributed by atoms with E-state index in [1.54, 1.807) is 35.1 Å². The number of rotatable bonds is 5. The standard InChI is InChI=1S/C24H22ClN5O2/c1-14(2)30-23-19(13-26-30)18(12-22(28-23)16-7-5-4-6-8-16)24(32)29-21-10-9-17(11-20(21)25)27-15(3)31/h4-14H,1-3H3,(H,27,31)(H,29,32). The van der Waals surface area contributed by atoms with Crippen molar-refractivity contribution in [3.8, 4) is 11.3 Å². The van der Waals surface area contributed by atoms with Gasteiger partial charge in [0, 0.05) is 24.2 Å². The summed E-state index contributed by atoms with van der Waals surface area (Å²) < 4.78 is 1.80. The van der Waals surface area contributed by atoms with Crippen molar-refractivity contribution >= 4 is 45.8 Å². The Morgan fingerprint density at radius 2 is 1.78 bits per heavy atom. The van der Waals surface area contributed by atoms with Crippen LogP contribution in [-0.2, 0) is 4.79 Å². The Kier molecular flexibility index (Phi) is 5.92. The molecule has 2 aromatic carbocycles. The fraction of sp³-hybridized carbons (Fsp3) is 0.167. The maximum absolute atomic E-state index is 13.3. The van der Waals surface area contributed by atoms with Crippen LogP contribution in [0.5, 0.6) is 0 Å². The smallest absolute Gasteiger partial charge is 0.256 e. The number of carbonyl (C=O) groups is 2. The molecule has 8 heteroatoms. The van der Waals surface area contributed by atoms with Crippen LogP contribution in [0.3, 0.4) is 0 Å². The first-order valence-corrected chi connectivity index (χ1v) is 10.5. The van der Waals surface area contributed by atoms with Gasteiger partial charge in [-0.25, -0.2) is 9.67 Å². The molecule has 0 spiro atoms. The molecule has 0 atom stereocenters. The van der Waals surface area contributed by atoms with E-state index in [4.69, 9.17) is 16.6 Å². The van der Waals surface area contributed by atoms with Crippen molar-refractivity contribution in [2.24, 2.45) is 0 Å². The minimum atomic E-state index is -0.327. The van der Waals surface area contributed by atoms with Gasteiger partial charge < -0.3 is 10.6 Å². The fourth-order valence-corrected chi connectivity index (χ4v) is 3.66. The first-order valence-electron chi connectivity index (χ1n) is 10.2. The van der Waals surface area contributed by atoms with E-state index in [1.165, 1.54) is 6.92 Å². The summed E-state index contributed by atoms with van der Waals surface area (Å²) >= 11 is 6.34. The molecule has 0 aliphatic carbocycles. The number of carbonyl (C=O) groups excluding carboxylic acids is 2. The highest BCUT2D eigenvalue weighted by Crippen LogP contribution is 2.29. The Morgan fingerprint density at radius 3 is 2.44 bits per heavy atom. The zero-order valence-electron chi connectivity index (χ0n) is 17.9. The topological polar surface area (TPSA) is 88.9 Å². The van der Waals surface area contributed by atoms with Crippen LogP contribution in [-0.4, -0.2) is 26.6 Å². The summed E-state index contributed by atoms with van der Waals surface area (Å²) in [6.07, 6.45) is 1.66. The Labute approximate surface area is 190 Å². The largest absolute Gasteiger partial charge is 0.326 e. The lowest BCUT2D eigenvalue weighted by atomic mass is 10.1. The number of pyridine rings is 1. The number of benzene rings is 2. The summed E-state index contributed by atoms with van der Waals surface area (Å²) in [5.41, 5.74) is 3.65. The van der Waals surface area contributed by atoms with E-state index in [2.05, 4.69) is 15.7 Å². The van der Waals surface area contributed by atoms with Gasteiger partial charge in [0.15, 0.2) is 5.65 Å². The summed E-state index contributed by atoms with van der Waals surface area (Å²) in [4.78, 5) is 29.3. The van der Waals surface area contributed by atoms with E-state index >= 15 is 0 Å². The number of hydrogen-bond donors (Lipinski definition) is 2. The first-order chi connectivity index (χ1) is 15.3. The Hall–Kier alpha value is -3.71. The molecular weight excluding hydrogens is 426 g/mol. The molecule has 32 heavy (non-hydrogen) atoms. The van der Waals surface area contributed by atoms with Gasteiger partial charge in [-0.2, -0.15) is 5.10 Å². The average molecular weight is 448 g/mol. The highest BCUT2D eigenvalue weighted by atomic mass is 35.5. The average Bonchev–Trinajstić information content (AvgIpc) is 3.19. The second kappa shape index (κ2) is 8.80. The highest BCUT2D eigenvalue weighted by Gasteiger charge is 2.19. The van der Waals surface area contributed by atoms with Gasteiger partial charge in [-0.05, 0) is 38.1 Å². The first kappa shape index (κ1) is 21.5. The molecule has 2 heterocycles. The van der Waals surface area contributed by atoms with E-state index in [0.29, 0.717) is 38.7 Å². The molecule has 162 valence electrons. The van der Waals surface area contributed by atoms with Crippen molar-refractivity contribution in [1.29, 1.82) is 0 Å². The second-order valence-corrected chi connectivity index (χ2v) is 8.08. The number of hydrogen-bond acceptors (Lipinski definition) is 4. The summed E-state index contributed by atoms with van der Waals surface area (Å²) in [7, 11) is 0. The number of anilines is 2. The van der Waals surface area contributed by atoms with Crippen LogP contribution in [0, 0.1) is 0 Å². The van der Waals surface area contributed by atoms with E-state index in [1.807, 2.05) is 44.2 Å². The second-order valence-electron chi connectivity index (χ2n) is 7.67.